The number of hydrogen-bond acceptors (Lipinski definition) is 4. The van der Waals surface area contributed by atoms with E-state index < -0.39 is 0 Å². The maximum atomic E-state index is 10.9. The summed E-state index contributed by atoms with van der Waals surface area (Å²) >= 11 is 0. The van der Waals surface area contributed by atoms with Crippen LogP contribution in [-0.2, 0) is 14.3 Å². The number of piperidine rings is 1. The Bertz CT molecular complexity index is 167. The van der Waals surface area contributed by atoms with E-state index in [0.29, 0.717) is 13.3 Å². The number of hydrogen-bond donors (Lipinski definition) is 0. The molecule has 0 saturated carbocycles. The second-order valence-corrected chi connectivity index (χ2v) is 3.46. The predicted octanol–water partition coefficient (Wildman–Crippen LogP) is 1.01. The zero-order chi connectivity index (χ0) is 10.2. The summed E-state index contributed by atoms with van der Waals surface area (Å²) in [4.78, 5) is 13.1. The van der Waals surface area contributed by atoms with Crippen LogP contribution in [0.2, 0.25) is 0 Å². The van der Waals surface area contributed by atoms with Crippen molar-refractivity contribution in [3.63, 3.8) is 0 Å². The molecule has 1 aliphatic heterocycles. The third kappa shape index (κ3) is 4.58. The molecule has 82 valence electrons. The average Bonchev–Trinajstić information content (AvgIpc) is 2.20. The SMILES string of the molecule is CCOC(=O)COCN1CCCCC1. The lowest BCUT2D eigenvalue weighted by Gasteiger charge is -2.25. The van der Waals surface area contributed by atoms with Crippen LogP contribution in [0.4, 0.5) is 0 Å². The lowest BCUT2D eigenvalue weighted by molar-refractivity contribution is -0.150. The summed E-state index contributed by atoms with van der Waals surface area (Å²) in [5.41, 5.74) is 0. The van der Waals surface area contributed by atoms with Gasteiger partial charge in [0.25, 0.3) is 0 Å². The Morgan fingerprint density at radius 1 is 1.29 bits per heavy atom. The van der Waals surface area contributed by atoms with Gasteiger partial charge in [-0.2, -0.15) is 0 Å². The van der Waals surface area contributed by atoms with Gasteiger partial charge in [0.1, 0.15) is 6.61 Å². The van der Waals surface area contributed by atoms with Gasteiger partial charge in [-0.05, 0) is 19.8 Å². The van der Waals surface area contributed by atoms with Crippen molar-refractivity contribution < 1.29 is 14.3 Å². The molecule has 0 bridgehead atoms. The number of likely N-dealkylation sites (tertiary alicyclic amines) is 1. The van der Waals surface area contributed by atoms with Crippen LogP contribution in [0.1, 0.15) is 26.2 Å². The highest BCUT2D eigenvalue weighted by Crippen LogP contribution is 2.07. The van der Waals surface area contributed by atoms with E-state index in [2.05, 4.69) is 4.90 Å². The van der Waals surface area contributed by atoms with Gasteiger partial charge in [-0.1, -0.05) is 6.42 Å². The van der Waals surface area contributed by atoms with Gasteiger partial charge in [0, 0.05) is 13.1 Å². The summed E-state index contributed by atoms with van der Waals surface area (Å²) in [5.74, 6) is -0.274. The van der Waals surface area contributed by atoms with Gasteiger partial charge in [0.05, 0.1) is 13.3 Å². The van der Waals surface area contributed by atoms with Gasteiger partial charge in [0.15, 0.2) is 0 Å². The van der Waals surface area contributed by atoms with Crippen molar-refractivity contribution in [1.82, 2.24) is 4.90 Å². The van der Waals surface area contributed by atoms with E-state index in [0.717, 1.165) is 13.1 Å². The normalized spacial score (nSPS) is 18.1. The maximum Gasteiger partial charge on any atom is 0.332 e. The van der Waals surface area contributed by atoms with Crippen LogP contribution in [0.5, 0.6) is 0 Å². The van der Waals surface area contributed by atoms with Gasteiger partial charge in [-0.15, -0.1) is 0 Å². The highest BCUT2D eigenvalue weighted by molar-refractivity contribution is 5.70. The van der Waals surface area contributed by atoms with Crippen molar-refractivity contribution in [2.75, 3.05) is 33.0 Å². The summed E-state index contributed by atoms with van der Waals surface area (Å²) in [6.07, 6.45) is 3.79. The average molecular weight is 201 g/mol. The van der Waals surface area contributed by atoms with E-state index in [-0.39, 0.29) is 12.6 Å². The molecule has 1 fully saturated rings. The molecule has 0 N–H and O–H groups in total. The summed E-state index contributed by atoms with van der Waals surface area (Å²) in [6.45, 7) is 5.02. The molecule has 4 nitrogen and oxygen atoms in total. The zero-order valence-corrected chi connectivity index (χ0v) is 8.83. The number of esters is 1. The van der Waals surface area contributed by atoms with Crippen molar-refractivity contribution in [3.8, 4) is 0 Å². The second kappa shape index (κ2) is 6.79. The summed E-state index contributed by atoms with van der Waals surface area (Å²) < 4.78 is 9.99. The molecule has 0 aromatic rings. The summed E-state index contributed by atoms with van der Waals surface area (Å²) in [5, 5.41) is 0. The van der Waals surface area contributed by atoms with Crippen LogP contribution in [0, 0.1) is 0 Å². The molecular formula is C10H19NO3. The molecule has 0 unspecified atom stereocenters. The van der Waals surface area contributed by atoms with Gasteiger partial charge >= 0.3 is 5.97 Å². The number of carbonyl (C=O) groups is 1. The first-order valence-electron chi connectivity index (χ1n) is 5.28. The zero-order valence-electron chi connectivity index (χ0n) is 8.83. The van der Waals surface area contributed by atoms with Crippen LogP contribution in [0.15, 0.2) is 0 Å². The number of nitrogens with zero attached hydrogens (tertiary/aromatic N) is 1. The van der Waals surface area contributed by atoms with Gasteiger partial charge < -0.3 is 9.47 Å². The van der Waals surface area contributed by atoms with Crippen molar-refractivity contribution in [2.45, 2.75) is 26.2 Å². The van der Waals surface area contributed by atoms with Crippen molar-refractivity contribution in [2.24, 2.45) is 0 Å². The van der Waals surface area contributed by atoms with E-state index in [1.54, 1.807) is 6.92 Å². The fourth-order valence-corrected chi connectivity index (χ4v) is 1.55. The third-order valence-corrected chi connectivity index (χ3v) is 2.25. The van der Waals surface area contributed by atoms with E-state index in [1.807, 2.05) is 0 Å². The fourth-order valence-electron chi connectivity index (χ4n) is 1.55. The van der Waals surface area contributed by atoms with Gasteiger partial charge in [0.2, 0.25) is 0 Å². The Morgan fingerprint density at radius 3 is 2.64 bits per heavy atom. The van der Waals surface area contributed by atoms with Crippen LogP contribution >= 0.6 is 0 Å². The van der Waals surface area contributed by atoms with E-state index in [4.69, 9.17) is 9.47 Å². The van der Waals surface area contributed by atoms with Crippen molar-refractivity contribution in [3.05, 3.63) is 0 Å². The van der Waals surface area contributed by atoms with E-state index in [9.17, 15) is 4.79 Å². The Kier molecular flexibility index (Phi) is 5.56. The van der Waals surface area contributed by atoms with Crippen molar-refractivity contribution >= 4 is 5.97 Å². The monoisotopic (exact) mass is 201 g/mol. The maximum absolute atomic E-state index is 10.9. The lowest BCUT2D eigenvalue weighted by atomic mass is 10.1. The van der Waals surface area contributed by atoms with Crippen LogP contribution in [0.3, 0.4) is 0 Å². The van der Waals surface area contributed by atoms with Gasteiger partial charge in [-0.25, -0.2) is 4.79 Å². The highest BCUT2D eigenvalue weighted by Gasteiger charge is 2.10. The smallest absolute Gasteiger partial charge is 0.332 e. The molecule has 14 heavy (non-hydrogen) atoms. The van der Waals surface area contributed by atoms with Gasteiger partial charge in [-0.3, -0.25) is 4.90 Å². The van der Waals surface area contributed by atoms with Crippen LogP contribution in [-0.4, -0.2) is 43.9 Å². The second-order valence-electron chi connectivity index (χ2n) is 3.46. The molecule has 1 rings (SSSR count). The molecule has 0 aromatic carbocycles. The molecule has 0 aromatic heterocycles. The Balaban J connectivity index is 1.99. The van der Waals surface area contributed by atoms with Crippen LogP contribution < -0.4 is 0 Å². The topological polar surface area (TPSA) is 38.8 Å². The van der Waals surface area contributed by atoms with E-state index >= 15 is 0 Å². The van der Waals surface area contributed by atoms with Crippen molar-refractivity contribution in [1.29, 1.82) is 0 Å². The molecule has 0 atom stereocenters. The molecule has 0 radical (unpaired) electrons. The first-order valence-corrected chi connectivity index (χ1v) is 5.28. The largest absolute Gasteiger partial charge is 0.464 e. The quantitative estimate of drug-likeness (QED) is 0.622. The molecule has 4 heteroatoms. The molecule has 0 amide bonds. The molecule has 1 aliphatic rings. The summed E-state index contributed by atoms with van der Waals surface area (Å²) in [7, 11) is 0. The predicted molar refractivity (Wildman–Crippen MR) is 52.9 cm³/mol. The number of ether oxygens (including phenoxy) is 2. The Labute approximate surface area is 85.2 Å². The molecular weight excluding hydrogens is 182 g/mol. The Hall–Kier alpha value is -0.610. The standard InChI is InChI=1S/C10H19NO3/c1-2-14-10(12)8-13-9-11-6-4-3-5-7-11/h2-9H2,1H3. The number of carbonyl (C=O) groups excluding carboxylic acids is 1. The minimum Gasteiger partial charge on any atom is -0.464 e. The third-order valence-electron chi connectivity index (χ3n) is 2.25. The summed E-state index contributed by atoms with van der Waals surface area (Å²) in [6, 6.07) is 0. The van der Waals surface area contributed by atoms with E-state index in [1.165, 1.54) is 19.3 Å². The minimum absolute atomic E-state index is 0.0737. The Morgan fingerprint density at radius 2 is 2.00 bits per heavy atom. The first kappa shape index (κ1) is 11.5. The first-order chi connectivity index (χ1) is 6.83. The lowest BCUT2D eigenvalue weighted by Crippen LogP contribution is -2.32. The molecule has 0 spiro atoms. The molecule has 1 saturated heterocycles. The molecule has 1 heterocycles. The minimum atomic E-state index is -0.274. The molecule has 0 aliphatic carbocycles. The fraction of sp³-hybridized carbons (Fsp3) is 0.900. The highest BCUT2D eigenvalue weighted by atomic mass is 16.6. The number of rotatable bonds is 5. The van der Waals surface area contributed by atoms with Crippen LogP contribution in [0.25, 0.3) is 0 Å².